The Labute approximate surface area is 192 Å². The summed E-state index contributed by atoms with van der Waals surface area (Å²) in [6.07, 6.45) is 6.51. The molecule has 1 N–H and O–H groups in total. The minimum atomic E-state index is 0.136. The quantitative estimate of drug-likeness (QED) is 0.257. The van der Waals surface area contributed by atoms with Gasteiger partial charge >= 0.3 is 0 Å². The lowest BCUT2D eigenvalue weighted by Gasteiger charge is -2.11. The Balaban J connectivity index is 1.38. The van der Waals surface area contributed by atoms with Gasteiger partial charge in [0.1, 0.15) is 18.2 Å². The highest BCUT2D eigenvalue weighted by Crippen LogP contribution is 2.25. The van der Waals surface area contributed by atoms with Crippen LogP contribution >= 0.6 is 0 Å². The van der Waals surface area contributed by atoms with Crippen LogP contribution in [0.3, 0.4) is 0 Å². The summed E-state index contributed by atoms with van der Waals surface area (Å²) in [5.74, 6) is 2.35. The maximum atomic E-state index is 12.2. The fourth-order valence-corrected chi connectivity index (χ4v) is 3.67. The highest BCUT2D eigenvalue weighted by Gasteiger charge is 2.13. The molecule has 0 spiro atoms. The lowest BCUT2D eigenvalue weighted by Crippen LogP contribution is -2.08. The van der Waals surface area contributed by atoms with E-state index in [0.717, 1.165) is 48.4 Å². The molecule has 0 bridgehead atoms. The third kappa shape index (κ3) is 5.43. The minimum Gasteiger partial charge on any atom is -0.491 e. The molecule has 0 saturated heterocycles. The number of carbonyl (C=O) groups excluding carboxylic acids is 1. The van der Waals surface area contributed by atoms with Gasteiger partial charge in [-0.2, -0.15) is 0 Å². The first-order chi connectivity index (χ1) is 16.2. The molecule has 0 aliphatic carbocycles. The number of pyridine rings is 1. The van der Waals surface area contributed by atoms with Crippen LogP contribution in [0.5, 0.6) is 5.75 Å². The van der Waals surface area contributed by atoms with Crippen LogP contribution in [0.4, 0.5) is 5.82 Å². The Morgan fingerprint density at radius 3 is 2.85 bits per heavy atom. The Morgan fingerprint density at radius 2 is 2.03 bits per heavy atom. The van der Waals surface area contributed by atoms with Crippen LogP contribution in [0.1, 0.15) is 41.9 Å². The first-order valence-corrected chi connectivity index (χ1v) is 11.1. The average Bonchev–Trinajstić information content (AvgIpc) is 3.23. The highest BCUT2D eigenvalue weighted by molar-refractivity contribution is 5.95. The minimum absolute atomic E-state index is 0.136. The molecule has 33 heavy (non-hydrogen) atoms. The van der Waals surface area contributed by atoms with Crippen LogP contribution in [-0.4, -0.2) is 57.2 Å². The molecule has 3 aromatic heterocycles. The average molecular weight is 449 g/mol. The number of hydrogen-bond acceptors (Lipinski definition) is 8. The van der Waals surface area contributed by atoms with Crippen molar-refractivity contribution in [3.63, 3.8) is 0 Å². The number of fused-ring (bicyclic) bond motifs is 3. The number of ether oxygens (including phenoxy) is 2. The van der Waals surface area contributed by atoms with Gasteiger partial charge in [-0.1, -0.05) is 6.42 Å². The lowest BCUT2D eigenvalue weighted by atomic mass is 10.1. The Kier molecular flexibility index (Phi) is 7.41. The van der Waals surface area contributed by atoms with Crippen LogP contribution in [0.2, 0.25) is 0 Å². The zero-order chi connectivity index (χ0) is 23.0. The van der Waals surface area contributed by atoms with Crippen LogP contribution in [0, 0.1) is 6.92 Å². The van der Waals surface area contributed by atoms with Gasteiger partial charge in [-0.25, -0.2) is 4.98 Å². The fraction of sp³-hybridized carbons (Fsp3) is 0.375. The molecule has 0 unspecified atom stereocenters. The largest absolute Gasteiger partial charge is 0.491 e. The smallest absolute Gasteiger partial charge is 0.204 e. The molecule has 0 aliphatic heterocycles. The van der Waals surface area contributed by atoms with E-state index in [9.17, 15) is 4.79 Å². The summed E-state index contributed by atoms with van der Waals surface area (Å²) in [5.41, 5.74) is 3.09. The molecular formula is C24H28N6O3. The molecule has 4 aromatic rings. The van der Waals surface area contributed by atoms with Crippen molar-refractivity contribution in [3.05, 3.63) is 54.1 Å². The van der Waals surface area contributed by atoms with Gasteiger partial charge in [-0.3, -0.25) is 14.2 Å². The first kappa shape index (κ1) is 22.6. The predicted molar refractivity (Wildman–Crippen MR) is 126 cm³/mol. The van der Waals surface area contributed by atoms with Crippen molar-refractivity contribution in [2.24, 2.45) is 0 Å². The van der Waals surface area contributed by atoms with E-state index in [0.29, 0.717) is 36.7 Å². The number of aromatic nitrogens is 5. The van der Waals surface area contributed by atoms with Gasteiger partial charge in [-0.15, -0.1) is 10.2 Å². The number of rotatable bonds is 12. The van der Waals surface area contributed by atoms with Crippen molar-refractivity contribution in [1.82, 2.24) is 24.6 Å². The van der Waals surface area contributed by atoms with Crippen LogP contribution in [0.15, 0.2) is 42.7 Å². The predicted octanol–water partition coefficient (Wildman–Crippen LogP) is 3.86. The lowest BCUT2D eigenvalue weighted by molar-refractivity contribution is 0.0979. The van der Waals surface area contributed by atoms with E-state index in [1.54, 1.807) is 25.6 Å². The number of Topliss-reactive ketones (excluding diaryl/α,β-unsaturated/α-hetero) is 1. The van der Waals surface area contributed by atoms with Crippen molar-refractivity contribution >= 4 is 28.3 Å². The van der Waals surface area contributed by atoms with Crippen LogP contribution in [-0.2, 0) is 4.74 Å². The maximum absolute atomic E-state index is 12.2. The Bertz CT molecular complexity index is 1230. The van der Waals surface area contributed by atoms with Crippen molar-refractivity contribution in [2.75, 3.05) is 32.2 Å². The number of nitrogens with one attached hydrogen (secondary N) is 1. The molecule has 0 radical (unpaired) electrons. The van der Waals surface area contributed by atoms with E-state index in [4.69, 9.17) is 14.5 Å². The number of aryl methyl sites for hydroxylation is 1. The van der Waals surface area contributed by atoms with E-state index in [1.807, 2.05) is 35.6 Å². The molecule has 172 valence electrons. The van der Waals surface area contributed by atoms with Crippen molar-refractivity contribution in [1.29, 1.82) is 0 Å². The third-order valence-electron chi connectivity index (χ3n) is 5.37. The molecule has 0 saturated carbocycles. The summed E-state index contributed by atoms with van der Waals surface area (Å²) in [6.45, 7) is 3.65. The summed E-state index contributed by atoms with van der Waals surface area (Å²) in [7, 11) is 1.65. The highest BCUT2D eigenvalue weighted by atomic mass is 16.5. The van der Waals surface area contributed by atoms with Gasteiger partial charge in [0.25, 0.3) is 0 Å². The normalized spacial score (nSPS) is 11.2. The molecule has 1 aromatic carbocycles. The number of unbranched alkanes of at least 4 members (excludes halogenated alkanes) is 2. The molecule has 0 atom stereocenters. The summed E-state index contributed by atoms with van der Waals surface area (Å²) in [6, 6.07) is 9.39. The van der Waals surface area contributed by atoms with Crippen LogP contribution < -0.4 is 10.1 Å². The maximum Gasteiger partial charge on any atom is 0.204 e. The van der Waals surface area contributed by atoms with Gasteiger partial charge in [0.05, 0.1) is 17.6 Å². The van der Waals surface area contributed by atoms with E-state index >= 15 is 0 Å². The number of methoxy groups -OCH3 is 1. The number of anilines is 1. The third-order valence-corrected chi connectivity index (χ3v) is 5.37. The SMILES string of the molecule is COCCOc1ccc2c(c1)nc(NCCCCCC(=O)c1cccnc1)c1nnc(C)n12. The van der Waals surface area contributed by atoms with Gasteiger partial charge < -0.3 is 14.8 Å². The zero-order valence-corrected chi connectivity index (χ0v) is 19.0. The van der Waals surface area contributed by atoms with Gasteiger partial charge in [-0.05, 0) is 44.0 Å². The Morgan fingerprint density at radius 1 is 1.12 bits per heavy atom. The standard InChI is InChI=1S/C24H28N6O3/c1-17-28-29-24-23(26-12-5-3-4-8-22(31)18-7-6-11-25-16-18)27-20-15-19(33-14-13-32-2)9-10-21(20)30(17)24/h6-7,9-11,15-16H,3-5,8,12-14H2,1-2H3,(H,26,27). The number of hydrogen-bond donors (Lipinski definition) is 1. The number of ketones is 1. The summed E-state index contributed by atoms with van der Waals surface area (Å²) in [5, 5.41) is 11.9. The summed E-state index contributed by atoms with van der Waals surface area (Å²) >= 11 is 0. The molecule has 0 amide bonds. The van der Waals surface area contributed by atoms with Crippen molar-refractivity contribution in [2.45, 2.75) is 32.6 Å². The van der Waals surface area contributed by atoms with E-state index in [2.05, 4.69) is 20.5 Å². The topological polar surface area (TPSA) is 104 Å². The number of carbonyl (C=O) groups is 1. The monoisotopic (exact) mass is 448 g/mol. The molecule has 9 heteroatoms. The van der Waals surface area contributed by atoms with E-state index < -0.39 is 0 Å². The number of nitrogens with zero attached hydrogens (tertiary/aromatic N) is 5. The first-order valence-electron chi connectivity index (χ1n) is 11.1. The summed E-state index contributed by atoms with van der Waals surface area (Å²) < 4.78 is 12.8. The zero-order valence-electron chi connectivity index (χ0n) is 19.0. The second-order valence-corrected chi connectivity index (χ2v) is 7.76. The molecule has 9 nitrogen and oxygen atoms in total. The van der Waals surface area contributed by atoms with E-state index in [-0.39, 0.29) is 5.78 Å². The van der Waals surface area contributed by atoms with Gasteiger partial charge in [0.15, 0.2) is 11.6 Å². The molecule has 4 rings (SSSR count). The summed E-state index contributed by atoms with van der Waals surface area (Å²) in [4.78, 5) is 21.0. The fourth-order valence-electron chi connectivity index (χ4n) is 3.67. The van der Waals surface area contributed by atoms with Crippen LogP contribution in [0.25, 0.3) is 16.7 Å². The van der Waals surface area contributed by atoms with Gasteiger partial charge in [0, 0.05) is 44.1 Å². The number of benzene rings is 1. The second-order valence-electron chi connectivity index (χ2n) is 7.76. The van der Waals surface area contributed by atoms with Gasteiger partial charge in [0.2, 0.25) is 5.65 Å². The Hall–Kier alpha value is -3.59. The molecule has 0 fully saturated rings. The van der Waals surface area contributed by atoms with E-state index in [1.165, 1.54) is 0 Å². The molecule has 0 aliphatic rings. The second kappa shape index (κ2) is 10.8. The molecule has 3 heterocycles. The molecular weight excluding hydrogens is 420 g/mol. The van der Waals surface area contributed by atoms with Crippen molar-refractivity contribution in [3.8, 4) is 5.75 Å². The van der Waals surface area contributed by atoms with Crippen molar-refractivity contribution < 1.29 is 14.3 Å².